The second kappa shape index (κ2) is 7.56. The number of nitrogens with zero attached hydrogens (tertiary/aromatic N) is 2. The molecule has 2 saturated heterocycles. The molecule has 3 unspecified atom stereocenters. The van der Waals surface area contributed by atoms with Crippen LogP contribution in [0.1, 0.15) is 17.2 Å². The van der Waals surface area contributed by atoms with Crippen molar-refractivity contribution in [1.29, 1.82) is 0 Å². The number of hydrogen-bond acceptors (Lipinski definition) is 5. The van der Waals surface area contributed by atoms with Crippen LogP contribution in [0.25, 0.3) is 0 Å². The van der Waals surface area contributed by atoms with E-state index in [2.05, 4.69) is 0 Å². The van der Waals surface area contributed by atoms with Crippen molar-refractivity contribution in [3.8, 4) is 5.75 Å². The Morgan fingerprint density at radius 1 is 0.839 bits per heavy atom. The molecule has 2 amide bonds. The molecule has 0 bridgehead atoms. The first kappa shape index (κ1) is 19.3. The maximum absolute atomic E-state index is 13.6. The third kappa shape index (κ3) is 3.07. The largest absolute Gasteiger partial charge is 0.497 e. The molecule has 156 valence electrons. The van der Waals surface area contributed by atoms with Gasteiger partial charge in [0.05, 0.1) is 24.5 Å². The predicted octanol–water partition coefficient (Wildman–Crippen LogP) is 4.05. The summed E-state index contributed by atoms with van der Waals surface area (Å²) in [6.07, 6.45) is -0.886. The van der Waals surface area contributed by atoms with Crippen molar-refractivity contribution in [2.75, 3.05) is 17.1 Å². The van der Waals surface area contributed by atoms with Crippen molar-refractivity contribution in [2.45, 2.75) is 19.1 Å². The third-order valence-electron chi connectivity index (χ3n) is 5.94. The van der Waals surface area contributed by atoms with Crippen molar-refractivity contribution in [2.24, 2.45) is 5.92 Å². The van der Waals surface area contributed by atoms with Gasteiger partial charge in [0.2, 0.25) is 5.91 Å². The lowest BCUT2D eigenvalue weighted by Gasteiger charge is -2.29. The molecule has 5 rings (SSSR count). The number of aryl methyl sites for hydroxylation is 1. The van der Waals surface area contributed by atoms with Gasteiger partial charge in [0.25, 0.3) is 5.91 Å². The summed E-state index contributed by atoms with van der Waals surface area (Å²) in [4.78, 5) is 34.4. The molecular weight excluding hydrogens is 392 g/mol. The Bertz CT molecular complexity index is 1150. The van der Waals surface area contributed by atoms with E-state index in [-0.39, 0.29) is 11.8 Å². The van der Waals surface area contributed by atoms with Gasteiger partial charge in [0.1, 0.15) is 11.7 Å². The number of para-hydroxylation sites is 1. The van der Waals surface area contributed by atoms with Gasteiger partial charge in [-0.3, -0.25) is 14.4 Å². The molecule has 3 aromatic carbocycles. The van der Waals surface area contributed by atoms with Gasteiger partial charge < -0.3 is 4.74 Å². The summed E-state index contributed by atoms with van der Waals surface area (Å²) in [5, 5.41) is 1.72. The van der Waals surface area contributed by atoms with Gasteiger partial charge in [-0.2, -0.15) is 0 Å². The average Bonchev–Trinajstić information content (AvgIpc) is 3.31. The van der Waals surface area contributed by atoms with Crippen molar-refractivity contribution >= 4 is 23.2 Å². The SMILES string of the molecule is COc1cccc(N2C(=O)C3ON(c4ccccc4)C(c4ccccc4C)C3C2=O)c1. The van der Waals surface area contributed by atoms with Gasteiger partial charge in [-0.1, -0.05) is 48.5 Å². The minimum absolute atomic E-state index is 0.269. The van der Waals surface area contributed by atoms with Gasteiger partial charge >= 0.3 is 0 Å². The molecule has 31 heavy (non-hydrogen) atoms. The van der Waals surface area contributed by atoms with E-state index in [0.717, 1.165) is 16.8 Å². The average molecular weight is 414 g/mol. The minimum Gasteiger partial charge on any atom is -0.497 e. The van der Waals surface area contributed by atoms with E-state index in [1.165, 1.54) is 4.90 Å². The molecule has 2 fully saturated rings. The van der Waals surface area contributed by atoms with E-state index in [4.69, 9.17) is 9.57 Å². The van der Waals surface area contributed by atoms with E-state index in [1.54, 1.807) is 36.4 Å². The first-order chi connectivity index (χ1) is 15.1. The zero-order valence-corrected chi connectivity index (χ0v) is 17.3. The van der Waals surface area contributed by atoms with E-state index < -0.39 is 18.1 Å². The van der Waals surface area contributed by atoms with Crippen LogP contribution in [0.2, 0.25) is 0 Å². The smallest absolute Gasteiger partial charge is 0.266 e. The Morgan fingerprint density at radius 2 is 1.55 bits per heavy atom. The molecule has 6 nitrogen and oxygen atoms in total. The highest BCUT2D eigenvalue weighted by molar-refractivity contribution is 6.24. The molecule has 0 radical (unpaired) electrons. The number of anilines is 2. The summed E-state index contributed by atoms with van der Waals surface area (Å²) < 4.78 is 5.27. The minimum atomic E-state index is -0.886. The van der Waals surface area contributed by atoms with Crippen LogP contribution in [0.5, 0.6) is 5.75 Å². The number of fused-ring (bicyclic) bond motifs is 1. The van der Waals surface area contributed by atoms with E-state index in [1.807, 2.05) is 61.5 Å². The number of amides is 2. The standard InChI is InChI=1S/C25H22N2O4/c1-16-9-6-7-14-20(16)22-21-23(31-27(22)17-10-4-3-5-11-17)25(29)26(24(21)28)18-12-8-13-19(15-18)30-2/h3-15,21-23H,1-2H3. The topological polar surface area (TPSA) is 59.1 Å². The number of carbonyl (C=O) groups is 2. The Hall–Kier alpha value is -3.64. The van der Waals surface area contributed by atoms with Crippen LogP contribution in [0.3, 0.4) is 0 Å². The molecule has 2 heterocycles. The number of imide groups is 1. The number of hydrogen-bond donors (Lipinski definition) is 0. The molecule has 6 heteroatoms. The Morgan fingerprint density at radius 3 is 2.29 bits per heavy atom. The summed E-state index contributed by atoms with van der Waals surface area (Å²) in [5.74, 6) is -0.701. The second-order valence-corrected chi connectivity index (χ2v) is 7.73. The van der Waals surface area contributed by atoms with Crippen LogP contribution < -0.4 is 14.7 Å². The molecular formula is C25H22N2O4. The molecule has 0 aliphatic carbocycles. The summed E-state index contributed by atoms with van der Waals surface area (Å²) in [7, 11) is 1.55. The first-order valence-corrected chi connectivity index (χ1v) is 10.2. The zero-order valence-electron chi connectivity index (χ0n) is 17.3. The quantitative estimate of drug-likeness (QED) is 0.603. The molecule has 2 aliphatic heterocycles. The van der Waals surface area contributed by atoms with Crippen LogP contribution in [-0.2, 0) is 14.4 Å². The fourth-order valence-electron chi connectivity index (χ4n) is 4.45. The summed E-state index contributed by atoms with van der Waals surface area (Å²) in [5.41, 5.74) is 3.30. The summed E-state index contributed by atoms with van der Waals surface area (Å²) >= 11 is 0. The first-order valence-electron chi connectivity index (χ1n) is 10.2. The summed E-state index contributed by atoms with van der Waals surface area (Å²) in [6.45, 7) is 2.01. The Kier molecular flexibility index (Phi) is 4.71. The van der Waals surface area contributed by atoms with Crippen LogP contribution in [0, 0.1) is 12.8 Å². The number of hydroxylamine groups is 1. The zero-order chi connectivity index (χ0) is 21.5. The lowest BCUT2D eigenvalue weighted by Crippen LogP contribution is -2.37. The van der Waals surface area contributed by atoms with Crippen molar-refractivity contribution in [3.05, 3.63) is 90.0 Å². The highest BCUT2D eigenvalue weighted by Gasteiger charge is 2.60. The van der Waals surface area contributed by atoms with Gasteiger partial charge in [0.15, 0.2) is 6.10 Å². The van der Waals surface area contributed by atoms with E-state index in [9.17, 15) is 9.59 Å². The molecule has 0 saturated carbocycles. The summed E-state index contributed by atoms with van der Waals surface area (Å²) in [6, 6.07) is 24.0. The van der Waals surface area contributed by atoms with Crippen molar-refractivity contribution in [1.82, 2.24) is 0 Å². The molecule has 3 atom stereocenters. The van der Waals surface area contributed by atoms with Crippen LogP contribution in [-0.4, -0.2) is 25.0 Å². The van der Waals surface area contributed by atoms with Gasteiger partial charge in [-0.15, -0.1) is 0 Å². The van der Waals surface area contributed by atoms with Crippen LogP contribution >= 0.6 is 0 Å². The number of benzene rings is 3. The molecule has 2 aliphatic rings. The van der Waals surface area contributed by atoms with E-state index in [0.29, 0.717) is 11.4 Å². The number of ether oxygens (including phenoxy) is 1. The molecule has 0 spiro atoms. The fourth-order valence-corrected chi connectivity index (χ4v) is 4.45. The van der Waals surface area contributed by atoms with Crippen LogP contribution in [0.15, 0.2) is 78.9 Å². The highest BCUT2D eigenvalue weighted by Crippen LogP contribution is 2.48. The molecule has 3 aromatic rings. The predicted molar refractivity (Wildman–Crippen MR) is 117 cm³/mol. The normalized spacial score (nSPS) is 22.7. The maximum Gasteiger partial charge on any atom is 0.266 e. The Labute approximate surface area is 180 Å². The van der Waals surface area contributed by atoms with Gasteiger partial charge in [-0.25, -0.2) is 9.96 Å². The highest BCUT2D eigenvalue weighted by atomic mass is 16.7. The monoisotopic (exact) mass is 414 g/mol. The van der Waals surface area contributed by atoms with Crippen LogP contribution in [0.4, 0.5) is 11.4 Å². The lowest BCUT2D eigenvalue weighted by atomic mass is 9.88. The lowest BCUT2D eigenvalue weighted by molar-refractivity contribution is -0.126. The third-order valence-corrected chi connectivity index (χ3v) is 5.94. The van der Waals surface area contributed by atoms with Gasteiger partial charge in [0, 0.05) is 6.07 Å². The molecule has 0 aromatic heterocycles. The number of methoxy groups -OCH3 is 1. The fraction of sp³-hybridized carbons (Fsp3) is 0.200. The second-order valence-electron chi connectivity index (χ2n) is 7.73. The number of carbonyl (C=O) groups excluding carboxylic acids is 2. The Balaban J connectivity index is 1.60. The number of rotatable bonds is 4. The van der Waals surface area contributed by atoms with E-state index >= 15 is 0 Å². The maximum atomic E-state index is 13.6. The van der Waals surface area contributed by atoms with Crippen molar-refractivity contribution < 1.29 is 19.2 Å². The van der Waals surface area contributed by atoms with Crippen molar-refractivity contribution in [3.63, 3.8) is 0 Å². The van der Waals surface area contributed by atoms with Gasteiger partial charge in [-0.05, 0) is 42.3 Å². The molecule has 0 N–H and O–H groups in total.